The number of aryl methyl sites for hydroxylation is 1. The van der Waals surface area contributed by atoms with Crippen LogP contribution in [-0.4, -0.2) is 28.9 Å². The number of benzene rings is 1. The molecule has 3 rings (SSSR count). The number of fused-ring (bicyclic) bond motifs is 1. The zero-order valence-electron chi connectivity index (χ0n) is 8.99. The second-order valence-corrected chi connectivity index (χ2v) is 4.63. The molecule has 0 aliphatic carbocycles. The zero-order chi connectivity index (χ0) is 11.2. The highest BCUT2D eigenvalue weighted by atomic mass is 16.5. The molecule has 1 unspecified atom stereocenters. The third kappa shape index (κ3) is 1.33. The highest BCUT2D eigenvalue weighted by Crippen LogP contribution is 2.45. The van der Waals surface area contributed by atoms with Gasteiger partial charge in [-0.2, -0.15) is 0 Å². The van der Waals surface area contributed by atoms with Crippen molar-refractivity contribution in [2.45, 2.75) is 24.9 Å². The molecule has 0 bridgehead atoms. The number of hydrogen-bond donors (Lipinski definition) is 3. The molecule has 4 nitrogen and oxygen atoms in total. The molecule has 0 saturated carbocycles. The van der Waals surface area contributed by atoms with Crippen LogP contribution in [0.25, 0.3) is 0 Å². The van der Waals surface area contributed by atoms with E-state index in [0.29, 0.717) is 5.75 Å². The number of phenols is 2. The fraction of sp³-hybridized carbons (Fsp3) is 0.500. The number of aromatic hydroxyl groups is 2. The monoisotopic (exact) mass is 221 g/mol. The Morgan fingerprint density at radius 1 is 1.25 bits per heavy atom. The van der Waals surface area contributed by atoms with Crippen LogP contribution in [0.2, 0.25) is 0 Å². The first-order valence-corrected chi connectivity index (χ1v) is 5.64. The van der Waals surface area contributed by atoms with Crippen LogP contribution in [0, 0.1) is 0 Å². The van der Waals surface area contributed by atoms with Crippen LogP contribution >= 0.6 is 0 Å². The lowest BCUT2D eigenvalue weighted by atomic mass is 9.90. The van der Waals surface area contributed by atoms with Crippen LogP contribution < -0.4 is 10.1 Å². The van der Waals surface area contributed by atoms with Crippen molar-refractivity contribution in [3.8, 4) is 17.2 Å². The summed E-state index contributed by atoms with van der Waals surface area (Å²) in [4.78, 5) is 0. The number of ether oxygens (including phenoxy) is 1. The smallest absolute Gasteiger partial charge is 0.200 e. The maximum atomic E-state index is 9.79. The molecule has 16 heavy (non-hydrogen) atoms. The van der Waals surface area contributed by atoms with Gasteiger partial charge in [0.05, 0.1) is 0 Å². The van der Waals surface area contributed by atoms with Crippen molar-refractivity contribution in [1.82, 2.24) is 5.32 Å². The fourth-order valence-electron chi connectivity index (χ4n) is 2.56. The first kappa shape index (κ1) is 9.78. The second-order valence-electron chi connectivity index (χ2n) is 4.63. The minimum atomic E-state index is -0.182. The summed E-state index contributed by atoms with van der Waals surface area (Å²) in [6.45, 7) is 1.77. The molecule has 2 heterocycles. The van der Waals surface area contributed by atoms with Gasteiger partial charge in [-0.25, -0.2) is 0 Å². The summed E-state index contributed by atoms with van der Waals surface area (Å²) in [6.07, 6.45) is 2.82. The third-order valence-corrected chi connectivity index (χ3v) is 3.56. The minimum absolute atomic E-state index is 0.109. The van der Waals surface area contributed by atoms with Gasteiger partial charge in [0.25, 0.3) is 0 Å². The normalized spacial score (nSPS) is 27.8. The molecule has 0 aromatic heterocycles. The minimum Gasteiger partial charge on any atom is -0.504 e. The Bertz CT molecular complexity index is 425. The van der Waals surface area contributed by atoms with E-state index >= 15 is 0 Å². The van der Waals surface area contributed by atoms with Gasteiger partial charge < -0.3 is 20.3 Å². The second kappa shape index (κ2) is 3.28. The lowest BCUT2D eigenvalue weighted by Crippen LogP contribution is -2.41. The Balaban J connectivity index is 2.01. The molecule has 2 aliphatic heterocycles. The summed E-state index contributed by atoms with van der Waals surface area (Å²) in [5.41, 5.74) is 0.797. The van der Waals surface area contributed by atoms with Crippen LogP contribution in [0.3, 0.4) is 0 Å². The van der Waals surface area contributed by atoms with E-state index in [1.54, 1.807) is 0 Å². The van der Waals surface area contributed by atoms with Crippen molar-refractivity contribution in [2.24, 2.45) is 0 Å². The number of rotatable bonds is 0. The molecule has 1 aromatic carbocycles. The van der Waals surface area contributed by atoms with E-state index in [0.717, 1.165) is 37.9 Å². The quantitative estimate of drug-likeness (QED) is 0.575. The van der Waals surface area contributed by atoms with E-state index in [1.807, 2.05) is 6.07 Å². The van der Waals surface area contributed by atoms with Crippen molar-refractivity contribution in [1.29, 1.82) is 0 Å². The molecule has 1 spiro atoms. The summed E-state index contributed by atoms with van der Waals surface area (Å²) < 4.78 is 5.92. The summed E-state index contributed by atoms with van der Waals surface area (Å²) in [5.74, 6) is 0.236. The average Bonchev–Trinajstić information content (AvgIpc) is 2.73. The largest absolute Gasteiger partial charge is 0.504 e. The van der Waals surface area contributed by atoms with Gasteiger partial charge in [-0.3, -0.25) is 0 Å². The van der Waals surface area contributed by atoms with Gasteiger partial charge in [0.2, 0.25) is 5.75 Å². The topological polar surface area (TPSA) is 61.7 Å². The van der Waals surface area contributed by atoms with Crippen molar-refractivity contribution in [3.05, 3.63) is 17.7 Å². The molecule has 1 fully saturated rings. The Labute approximate surface area is 93.9 Å². The van der Waals surface area contributed by atoms with Crippen molar-refractivity contribution < 1.29 is 14.9 Å². The van der Waals surface area contributed by atoms with Gasteiger partial charge in [-0.05, 0) is 31.0 Å². The molecule has 4 heteroatoms. The van der Waals surface area contributed by atoms with Crippen LogP contribution in [-0.2, 0) is 6.42 Å². The van der Waals surface area contributed by atoms with E-state index in [9.17, 15) is 10.2 Å². The lowest BCUT2D eigenvalue weighted by Gasteiger charge is -2.35. The van der Waals surface area contributed by atoms with Gasteiger partial charge in [-0.15, -0.1) is 0 Å². The molecular weight excluding hydrogens is 206 g/mol. The average molecular weight is 221 g/mol. The predicted molar refractivity (Wildman–Crippen MR) is 58.9 cm³/mol. The molecule has 0 amide bonds. The maximum absolute atomic E-state index is 9.79. The predicted octanol–water partition coefficient (Wildman–Crippen LogP) is 1.15. The van der Waals surface area contributed by atoms with Crippen molar-refractivity contribution >= 4 is 0 Å². The number of hydrogen-bond acceptors (Lipinski definition) is 4. The zero-order valence-corrected chi connectivity index (χ0v) is 8.99. The van der Waals surface area contributed by atoms with Gasteiger partial charge in [-0.1, -0.05) is 6.07 Å². The molecular formula is C12H15NO3. The van der Waals surface area contributed by atoms with E-state index in [-0.39, 0.29) is 17.1 Å². The van der Waals surface area contributed by atoms with Crippen molar-refractivity contribution in [3.63, 3.8) is 0 Å². The fourth-order valence-corrected chi connectivity index (χ4v) is 2.56. The maximum Gasteiger partial charge on any atom is 0.200 e. The first-order chi connectivity index (χ1) is 7.70. The Morgan fingerprint density at radius 2 is 2.12 bits per heavy atom. The van der Waals surface area contributed by atoms with Gasteiger partial charge in [0.15, 0.2) is 11.5 Å². The van der Waals surface area contributed by atoms with Crippen molar-refractivity contribution in [2.75, 3.05) is 13.1 Å². The van der Waals surface area contributed by atoms with Crippen LogP contribution in [0.1, 0.15) is 18.4 Å². The van der Waals surface area contributed by atoms with Crippen LogP contribution in [0.5, 0.6) is 17.2 Å². The standard InChI is InChI=1S/C12H15NO3/c14-9-2-1-8-3-4-12(5-6-13-7-12)16-11(8)10(9)15/h1-2,13-15H,3-7H2. The van der Waals surface area contributed by atoms with E-state index in [1.165, 1.54) is 6.07 Å². The molecule has 2 aliphatic rings. The SMILES string of the molecule is Oc1ccc2c(c1O)OC1(CCNC1)CC2. The highest BCUT2D eigenvalue weighted by Gasteiger charge is 2.40. The molecule has 1 atom stereocenters. The van der Waals surface area contributed by atoms with E-state index < -0.39 is 0 Å². The Kier molecular flexibility index (Phi) is 2.01. The van der Waals surface area contributed by atoms with E-state index in [4.69, 9.17) is 4.74 Å². The molecule has 1 aromatic rings. The highest BCUT2D eigenvalue weighted by molar-refractivity contribution is 5.55. The third-order valence-electron chi connectivity index (χ3n) is 3.56. The number of nitrogens with one attached hydrogen (secondary N) is 1. The Morgan fingerprint density at radius 3 is 2.88 bits per heavy atom. The number of phenolic OH excluding ortho intramolecular Hbond substituents is 2. The Hall–Kier alpha value is -1.42. The first-order valence-electron chi connectivity index (χ1n) is 5.64. The summed E-state index contributed by atoms with van der Waals surface area (Å²) in [6, 6.07) is 3.34. The van der Waals surface area contributed by atoms with Crippen LogP contribution in [0.15, 0.2) is 12.1 Å². The van der Waals surface area contributed by atoms with E-state index in [2.05, 4.69) is 5.32 Å². The van der Waals surface area contributed by atoms with Gasteiger partial charge in [0.1, 0.15) is 5.60 Å². The molecule has 3 N–H and O–H groups in total. The summed E-state index contributed by atoms with van der Waals surface area (Å²) in [7, 11) is 0. The van der Waals surface area contributed by atoms with Crippen LogP contribution in [0.4, 0.5) is 0 Å². The molecule has 86 valence electrons. The summed E-state index contributed by atoms with van der Waals surface area (Å²) >= 11 is 0. The lowest BCUT2D eigenvalue weighted by molar-refractivity contribution is 0.0623. The van der Waals surface area contributed by atoms with Gasteiger partial charge >= 0.3 is 0 Å². The molecule has 0 radical (unpaired) electrons. The van der Waals surface area contributed by atoms with Gasteiger partial charge in [0, 0.05) is 13.0 Å². The molecule has 1 saturated heterocycles. The summed E-state index contributed by atoms with van der Waals surface area (Å²) in [5, 5.41) is 22.5.